The SMILES string of the molecule is CNS(=O)(=O)CCn1ccnc1-c1ccccc1Cn1cccn1. The molecule has 3 rings (SSSR count). The van der Waals surface area contributed by atoms with Crippen molar-refractivity contribution in [3.8, 4) is 11.4 Å². The first-order valence-electron chi connectivity index (χ1n) is 7.57. The van der Waals surface area contributed by atoms with Crippen LogP contribution >= 0.6 is 0 Å². The standard InChI is InChI=1S/C16H19N5O2S/c1-17-24(22,23)12-11-20-10-8-18-16(20)15-6-3-2-5-14(15)13-21-9-4-7-19-21/h2-10,17H,11-13H2,1H3. The van der Waals surface area contributed by atoms with Gasteiger partial charge in [-0.3, -0.25) is 4.68 Å². The highest BCUT2D eigenvalue weighted by Gasteiger charge is 2.13. The van der Waals surface area contributed by atoms with Crippen molar-refractivity contribution in [2.45, 2.75) is 13.1 Å². The molecule has 0 saturated heterocycles. The minimum atomic E-state index is -3.26. The van der Waals surface area contributed by atoms with Crippen LogP contribution in [0.3, 0.4) is 0 Å². The molecule has 24 heavy (non-hydrogen) atoms. The fraction of sp³-hybridized carbons (Fsp3) is 0.250. The lowest BCUT2D eigenvalue weighted by atomic mass is 10.1. The summed E-state index contributed by atoms with van der Waals surface area (Å²) in [6, 6.07) is 9.82. The molecule has 0 spiro atoms. The van der Waals surface area contributed by atoms with Crippen LogP contribution in [-0.2, 0) is 23.1 Å². The normalized spacial score (nSPS) is 11.7. The van der Waals surface area contributed by atoms with Crippen LogP contribution in [0, 0.1) is 0 Å². The molecular formula is C16H19N5O2S. The van der Waals surface area contributed by atoms with Crippen molar-refractivity contribution < 1.29 is 8.42 Å². The van der Waals surface area contributed by atoms with Crippen molar-refractivity contribution in [3.63, 3.8) is 0 Å². The Morgan fingerprint density at radius 1 is 1.12 bits per heavy atom. The number of hydrogen-bond donors (Lipinski definition) is 1. The average Bonchev–Trinajstić information content (AvgIpc) is 3.25. The molecule has 0 aliphatic carbocycles. The van der Waals surface area contributed by atoms with Crippen LogP contribution in [0.4, 0.5) is 0 Å². The summed E-state index contributed by atoms with van der Waals surface area (Å²) in [5, 5.41) is 4.24. The second-order valence-electron chi connectivity index (χ2n) is 5.33. The van der Waals surface area contributed by atoms with Crippen molar-refractivity contribution in [2.24, 2.45) is 0 Å². The Balaban J connectivity index is 1.89. The molecule has 0 saturated carbocycles. The van der Waals surface area contributed by atoms with Crippen LogP contribution in [-0.4, -0.2) is 40.5 Å². The number of sulfonamides is 1. The maximum atomic E-state index is 11.7. The van der Waals surface area contributed by atoms with Gasteiger partial charge in [-0.2, -0.15) is 5.10 Å². The van der Waals surface area contributed by atoms with Crippen LogP contribution in [0.1, 0.15) is 5.56 Å². The molecule has 0 fully saturated rings. The van der Waals surface area contributed by atoms with E-state index in [0.717, 1.165) is 17.0 Å². The predicted molar refractivity (Wildman–Crippen MR) is 91.8 cm³/mol. The third-order valence-electron chi connectivity index (χ3n) is 3.78. The summed E-state index contributed by atoms with van der Waals surface area (Å²) in [7, 11) is -1.84. The van der Waals surface area contributed by atoms with Gasteiger partial charge in [0.25, 0.3) is 0 Å². The molecule has 2 heterocycles. The van der Waals surface area contributed by atoms with E-state index in [1.54, 1.807) is 18.6 Å². The minimum absolute atomic E-state index is 0.00812. The number of hydrogen-bond acceptors (Lipinski definition) is 4. The summed E-state index contributed by atoms with van der Waals surface area (Å²) in [4.78, 5) is 4.42. The number of aromatic nitrogens is 4. The Morgan fingerprint density at radius 3 is 2.71 bits per heavy atom. The van der Waals surface area contributed by atoms with E-state index < -0.39 is 10.0 Å². The van der Waals surface area contributed by atoms with Crippen LogP contribution in [0.5, 0.6) is 0 Å². The van der Waals surface area contributed by atoms with Gasteiger partial charge in [-0.15, -0.1) is 0 Å². The zero-order valence-corrected chi connectivity index (χ0v) is 14.1. The van der Waals surface area contributed by atoms with Crippen molar-refractivity contribution in [2.75, 3.05) is 12.8 Å². The molecule has 0 amide bonds. The fourth-order valence-corrected chi connectivity index (χ4v) is 3.14. The van der Waals surface area contributed by atoms with E-state index in [0.29, 0.717) is 13.1 Å². The second kappa shape index (κ2) is 6.98. The van der Waals surface area contributed by atoms with Crippen LogP contribution in [0.2, 0.25) is 0 Å². The van der Waals surface area contributed by atoms with Crippen molar-refractivity contribution in [1.29, 1.82) is 0 Å². The van der Waals surface area contributed by atoms with E-state index in [-0.39, 0.29) is 5.75 Å². The quantitative estimate of drug-likeness (QED) is 0.701. The van der Waals surface area contributed by atoms with E-state index in [1.165, 1.54) is 7.05 Å². The van der Waals surface area contributed by atoms with Crippen LogP contribution in [0.15, 0.2) is 55.1 Å². The van der Waals surface area contributed by atoms with Gasteiger partial charge in [0, 0.05) is 36.9 Å². The molecule has 3 aromatic rings. The number of rotatable bonds is 7. The number of nitrogens with zero attached hydrogens (tertiary/aromatic N) is 4. The number of benzene rings is 1. The molecule has 1 aromatic carbocycles. The Hall–Kier alpha value is -2.45. The fourth-order valence-electron chi connectivity index (χ4n) is 2.50. The summed E-state index contributed by atoms with van der Waals surface area (Å²) in [6.07, 6.45) is 7.13. The lowest BCUT2D eigenvalue weighted by Crippen LogP contribution is -2.24. The number of imidazole rings is 1. The molecule has 126 valence electrons. The van der Waals surface area contributed by atoms with E-state index in [1.807, 2.05) is 45.8 Å². The van der Waals surface area contributed by atoms with E-state index in [9.17, 15) is 8.42 Å². The summed E-state index contributed by atoms with van der Waals surface area (Å²) in [5.41, 5.74) is 2.05. The zero-order valence-electron chi connectivity index (χ0n) is 13.3. The molecule has 0 unspecified atom stereocenters. The first-order chi connectivity index (χ1) is 11.6. The first-order valence-corrected chi connectivity index (χ1v) is 9.22. The highest BCUT2D eigenvalue weighted by molar-refractivity contribution is 7.89. The molecular weight excluding hydrogens is 326 g/mol. The summed E-state index contributed by atoms with van der Waals surface area (Å²) in [6.45, 7) is 0.972. The Labute approximate surface area is 141 Å². The largest absolute Gasteiger partial charge is 0.330 e. The predicted octanol–water partition coefficient (Wildman–Crippen LogP) is 1.34. The molecule has 0 atom stereocenters. The minimum Gasteiger partial charge on any atom is -0.330 e. The Bertz CT molecular complexity index is 900. The van der Waals surface area contributed by atoms with Gasteiger partial charge >= 0.3 is 0 Å². The Kier molecular flexibility index (Phi) is 4.77. The third-order valence-corrected chi connectivity index (χ3v) is 5.12. The summed E-state index contributed by atoms with van der Waals surface area (Å²) >= 11 is 0. The van der Waals surface area contributed by atoms with Crippen molar-refractivity contribution in [1.82, 2.24) is 24.1 Å². The van der Waals surface area contributed by atoms with E-state index >= 15 is 0 Å². The molecule has 2 aromatic heterocycles. The molecule has 8 heteroatoms. The summed E-state index contributed by atoms with van der Waals surface area (Å²) in [5.74, 6) is 0.762. The lowest BCUT2D eigenvalue weighted by Gasteiger charge is -2.12. The second-order valence-corrected chi connectivity index (χ2v) is 7.37. The highest BCUT2D eigenvalue weighted by Crippen LogP contribution is 2.23. The monoisotopic (exact) mass is 345 g/mol. The smallest absolute Gasteiger partial charge is 0.213 e. The number of nitrogens with one attached hydrogen (secondary N) is 1. The maximum Gasteiger partial charge on any atom is 0.213 e. The molecule has 7 nitrogen and oxygen atoms in total. The first kappa shape index (κ1) is 16.4. The van der Waals surface area contributed by atoms with Crippen molar-refractivity contribution in [3.05, 3.63) is 60.7 Å². The van der Waals surface area contributed by atoms with Crippen molar-refractivity contribution >= 4 is 10.0 Å². The lowest BCUT2D eigenvalue weighted by molar-refractivity contribution is 0.581. The number of aryl methyl sites for hydroxylation is 1. The van der Waals surface area contributed by atoms with Gasteiger partial charge in [-0.25, -0.2) is 18.1 Å². The van der Waals surface area contributed by atoms with Gasteiger partial charge in [0.15, 0.2) is 0 Å². The maximum absolute atomic E-state index is 11.7. The highest BCUT2D eigenvalue weighted by atomic mass is 32.2. The topological polar surface area (TPSA) is 81.8 Å². The molecule has 0 aliphatic rings. The van der Waals surface area contributed by atoms with Gasteiger partial charge in [0.2, 0.25) is 10.0 Å². The average molecular weight is 345 g/mol. The van der Waals surface area contributed by atoms with Gasteiger partial charge in [0.1, 0.15) is 5.82 Å². The molecule has 0 radical (unpaired) electrons. The van der Waals surface area contributed by atoms with Crippen LogP contribution in [0.25, 0.3) is 11.4 Å². The van der Waals surface area contributed by atoms with Gasteiger partial charge in [0.05, 0.1) is 12.3 Å². The zero-order chi connectivity index (χ0) is 17.0. The van der Waals surface area contributed by atoms with Crippen LogP contribution < -0.4 is 4.72 Å². The van der Waals surface area contributed by atoms with Gasteiger partial charge in [-0.05, 0) is 18.7 Å². The summed E-state index contributed by atoms with van der Waals surface area (Å²) < 4.78 is 29.4. The Morgan fingerprint density at radius 2 is 1.96 bits per heavy atom. The molecule has 1 N–H and O–H groups in total. The van der Waals surface area contributed by atoms with Gasteiger partial charge in [-0.1, -0.05) is 24.3 Å². The van der Waals surface area contributed by atoms with E-state index in [2.05, 4.69) is 14.8 Å². The third kappa shape index (κ3) is 3.72. The van der Waals surface area contributed by atoms with E-state index in [4.69, 9.17) is 0 Å². The molecule has 0 aliphatic heterocycles. The molecule has 0 bridgehead atoms. The van der Waals surface area contributed by atoms with Gasteiger partial charge < -0.3 is 4.57 Å².